The number of hydrogen-bond acceptors (Lipinski definition) is 3. The van der Waals surface area contributed by atoms with Gasteiger partial charge in [-0.15, -0.1) is 0 Å². The number of piperidine rings is 1. The molecule has 2 aliphatic rings. The third-order valence-electron chi connectivity index (χ3n) is 5.68. The number of hydrogen-bond donors (Lipinski definition) is 0. The lowest BCUT2D eigenvalue weighted by Crippen LogP contribution is -2.37. The van der Waals surface area contributed by atoms with E-state index in [1.165, 1.54) is 4.90 Å². The van der Waals surface area contributed by atoms with Gasteiger partial charge in [0.25, 0.3) is 11.8 Å². The van der Waals surface area contributed by atoms with E-state index < -0.39 is 0 Å². The summed E-state index contributed by atoms with van der Waals surface area (Å²) in [6.45, 7) is 5.48. The normalized spacial score (nSPS) is 17.5. The fourth-order valence-electron chi connectivity index (χ4n) is 3.96. The number of rotatable bonds is 3. The average molecular weight is 429 g/mol. The number of imide groups is 1. The van der Waals surface area contributed by atoms with Gasteiger partial charge in [-0.05, 0) is 68.5 Å². The van der Waals surface area contributed by atoms with Crippen LogP contribution >= 0.6 is 23.2 Å². The Morgan fingerprint density at radius 3 is 2.21 bits per heavy atom. The van der Waals surface area contributed by atoms with E-state index in [0.29, 0.717) is 32.6 Å². The summed E-state index contributed by atoms with van der Waals surface area (Å²) in [5, 5.41) is 0.853. The lowest BCUT2D eigenvalue weighted by molar-refractivity contribution is -0.120. The molecule has 1 saturated heterocycles. The van der Waals surface area contributed by atoms with Crippen LogP contribution in [0.4, 0.5) is 5.69 Å². The highest BCUT2D eigenvalue weighted by Gasteiger charge is 2.43. The lowest BCUT2D eigenvalue weighted by atomic mass is 10.0. The van der Waals surface area contributed by atoms with Crippen LogP contribution in [0.2, 0.25) is 10.0 Å². The Balaban J connectivity index is 1.86. The number of halogens is 2. The molecule has 0 unspecified atom stereocenters. The van der Waals surface area contributed by atoms with Crippen LogP contribution in [0.3, 0.4) is 0 Å². The first kappa shape index (κ1) is 20.0. The Labute approximate surface area is 180 Å². The highest BCUT2D eigenvalue weighted by atomic mass is 35.5. The minimum atomic E-state index is -0.344. The zero-order valence-corrected chi connectivity index (χ0v) is 18.0. The minimum Gasteiger partial charge on any atom is -0.366 e. The number of aryl methyl sites for hydroxylation is 2. The third-order valence-corrected chi connectivity index (χ3v) is 6.23. The Morgan fingerprint density at radius 1 is 0.828 bits per heavy atom. The van der Waals surface area contributed by atoms with Crippen molar-refractivity contribution < 1.29 is 9.59 Å². The summed E-state index contributed by atoms with van der Waals surface area (Å²) >= 11 is 12.5. The summed E-state index contributed by atoms with van der Waals surface area (Å²) in [6, 6.07) is 10.7. The van der Waals surface area contributed by atoms with Gasteiger partial charge in [0.15, 0.2) is 0 Å². The predicted molar refractivity (Wildman–Crippen MR) is 117 cm³/mol. The largest absolute Gasteiger partial charge is 0.366 e. The molecule has 0 N–H and O–H groups in total. The molecule has 2 amide bonds. The van der Waals surface area contributed by atoms with Gasteiger partial charge in [-0.25, -0.2) is 4.90 Å². The maximum Gasteiger partial charge on any atom is 0.282 e. The van der Waals surface area contributed by atoms with Gasteiger partial charge in [0.05, 0.1) is 16.3 Å². The van der Waals surface area contributed by atoms with Crippen molar-refractivity contribution in [1.82, 2.24) is 4.90 Å². The smallest absolute Gasteiger partial charge is 0.282 e. The molecule has 1 fully saturated rings. The first-order chi connectivity index (χ1) is 13.9. The van der Waals surface area contributed by atoms with E-state index >= 15 is 0 Å². The second-order valence-electron chi connectivity index (χ2n) is 7.61. The quantitative estimate of drug-likeness (QED) is 0.615. The van der Waals surface area contributed by atoms with Crippen LogP contribution in [0, 0.1) is 13.8 Å². The first-order valence-electron chi connectivity index (χ1n) is 9.79. The maximum atomic E-state index is 13.5. The van der Waals surface area contributed by atoms with Gasteiger partial charge in [-0.2, -0.15) is 0 Å². The van der Waals surface area contributed by atoms with Crippen LogP contribution in [0.1, 0.15) is 36.0 Å². The molecular weight excluding hydrogens is 407 g/mol. The maximum absolute atomic E-state index is 13.5. The van der Waals surface area contributed by atoms with E-state index in [1.54, 1.807) is 18.2 Å². The number of amides is 2. The van der Waals surface area contributed by atoms with Crippen molar-refractivity contribution in [2.45, 2.75) is 33.1 Å². The van der Waals surface area contributed by atoms with Gasteiger partial charge in [0, 0.05) is 23.7 Å². The number of likely N-dealkylation sites (tertiary alicyclic amines) is 1. The monoisotopic (exact) mass is 428 g/mol. The topological polar surface area (TPSA) is 40.6 Å². The highest BCUT2D eigenvalue weighted by Crippen LogP contribution is 2.39. The number of carbonyl (C=O) groups excluding carboxylic acids is 2. The van der Waals surface area contributed by atoms with Gasteiger partial charge in [0.2, 0.25) is 0 Å². The third kappa shape index (κ3) is 3.56. The molecule has 2 aromatic carbocycles. The van der Waals surface area contributed by atoms with Gasteiger partial charge >= 0.3 is 0 Å². The van der Waals surface area contributed by atoms with Crippen LogP contribution < -0.4 is 4.90 Å². The van der Waals surface area contributed by atoms with E-state index in [0.717, 1.165) is 43.5 Å². The van der Waals surface area contributed by atoms with E-state index in [1.807, 2.05) is 36.9 Å². The molecule has 6 heteroatoms. The molecule has 0 bridgehead atoms. The van der Waals surface area contributed by atoms with Crippen molar-refractivity contribution >= 4 is 46.3 Å². The van der Waals surface area contributed by atoms with Crippen molar-refractivity contribution in [1.29, 1.82) is 0 Å². The van der Waals surface area contributed by atoms with Gasteiger partial charge in [-0.3, -0.25) is 9.59 Å². The Bertz CT molecular complexity index is 1040. The zero-order chi connectivity index (χ0) is 20.7. The second kappa shape index (κ2) is 7.85. The molecule has 0 aliphatic carbocycles. The standard InChI is InChI=1S/C23H22Cl2N2O2/c1-14-6-8-17(12-15(14)2)27-22(28)20(18-9-7-16(24)13-19(18)25)21(23(27)29)26-10-4-3-5-11-26/h6-9,12-13H,3-5,10-11H2,1-2H3. The molecule has 4 rings (SSSR count). The SMILES string of the molecule is Cc1ccc(N2C(=O)C(c3ccc(Cl)cc3Cl)=C(N3CCCCC3)C2=O)cc1C. The van der Waals surface area contributed by atoms with Crippen molar-refractivity contribution in [2.75, 3.05) is 18.0 Å². The molecule has 2 aromatic rings. The summed E-state index contributed by atoms with van der Waals surface area (Å²) in [5.41, 5.74) is 4.06. The summed E-state index contributed by atoms with van der Waals surface area (Å²) in [6.07, 6.45) is 3.12. The highest BCUT2D eigenvalue weighted by molar-refractivity contribution is 6.47. The van der Waals surface area contributed by atoms with Gasteiger partial charge in [0.1, 0.15) is 5.70 Å². The molecule has 150 valence electrons. The Hall–Kier alpha value is -2.30. The van der Waals surface area contributed by atoms with E-state index in [2.05, 4.69) is 0 Å². The summed E-state index contributed by atoms with van der Waals surface area (Å²) in [7, 11) is 0. The molecule has 4 nitrogen and oxygen atoms in total. The number of anilines is 1. The molecule has 0 aromatic heterocycles. The number of carbonyl (C=O) groups is 2. The van der Waals surface area contributed by atoms with Gasteiger partial charge in [-0.1, -0.05) is 35.3 Å². The lowest BCUT2D eigenvalue weighted by Gasteiger charge is -2.29. The molecule has 29 heavy (non-hydrogen) atoms. The Morgan fingerprint density at radius 2 is 1.55 bits per heavy atom. The zero-order valence-electron chi connectivity index (χ0n) is 16.5. The molecule has 0 atom stereocenters. The molecule has 2 aliphatic heterocycles. The summed E-state index contributed by atoms with van der Waals surface area (Å²) < 4.78 is 0. The minimum absolute atomic E-state index is 0.291. The van der Waals surface area contributed by atoms with Crippen LogP contribution in [-0.2, 0) is 9.59 Å². The first-order valence-corrected chi connectivity index (χ1v) is 10.5. The van der Waals surface area contributed by atoms with Crippen molar-refractivity contribution in [3.63, 3.8) is 0 Å². The Kier molecular flexibility index (Phi) is 5.41. The van der Waals surface area contributed by atoms with Crippen molar-refractivity contribution in [3.05, 3.63) is 68.8 Å². The van der Waals surface area contributed by atoms with Gasteiger partial charge < -0.3 is 4.90 Å². The fraction of sp³-hybridized carbons (Fsp3) is 0.304. The molecule has 0 saturated carbocycles. The van der Waals surface area contributed by atoms with Crippen molar-refractivity contribution in [2.24, 2.45) is 0 Å². The molecule has 2 heterocycles. The van der Waals surface area contributed by atoms with Crippen molar-refractivity contribution in [3.8, 4) is 0 Å². The summed E-state index contributed by atoms with van der Waals surface area (Å²) in [4.78, 5) is 30.3. The van der Waals surface area contributed by atoms with E-state index in [9.17, 15) is 9.59 Å². The molecule has 0 spiro atoms. The van der Waals surface area contributed by atoms with Crippen LogP contribution in [-0.4, -0.2) is 29.8 Å². The van der Waals surface area contributed by atoms with E-state index in [-0.39, 0.29) is 11.8 Å². The molecule has 0 radical (unpaired) electrons. The van der Waals surface area contributed by atoms with Crippen LogP contribution in [0.5, 0.6) is 0 Å². The number of benzene rings is 2. The predicted octanol–water partition coefficient (Wildman–Crippen LogP) is 5.38. The van der Waals surface area contributed by atoms with Crippen LogP contribution in [0.15, 0.2) is 42.1 Å². The fourth-order valence-corrected chi connectivity index (χ4v) is 4.47. The summed E-state index contributed by atoms with van der Waals surface area (Å²) in [5.74, 6) is -0.635. The molecular formula is C23H22Cl2N2O2. The number of nitrogens with zero attached hydrogens (tertiary/aromatic N) is 2. The average Bonchev–Trinajstić information content (AvgIpc) is 2.95. The van der Waals surface area contributed by atoms with Crippen LogP contribution in [0.25, 0.3) is 5.57 Å². The second-order valence-corrected chi connectivity index (χ2v) is 8.45. The van der Waals surface area contributed by atoms with E-state index in [4.69, 9.17) is 23.2 Å².